The van der Waals surface area contributed by atoms with E-state index in [2.05, 4.69) is 0 Å². The van der Waals surface area contributed by atoms with E-state index in [1.54, 1.807) is 48.5 Å². The number of benzene rings is 3. The third kappa shape index (κ3) is 4.28. The summed E-state index contributed by atoms with van der Waals surface area (Å²) in [7, 11) is 5.46. The number of fused-ring (bicyclic) bond motifs is 1. The summed E-state index contributed by atoms with van der Waals surface area (Å²) in [5.41, 5.74) is 2.70. The molecule has 6 heteroatoms. The largest absolute Gasteiger partial charge is 0.497 e. The van der Waals surface area contributed by atoms with Crippen molar-refractivity contribution in [3.63, 3.8) is 0 Å². The highest BCUT2D eigenvalue weighted by molar-refractivity contribution is 6.14. The quantitative estimate of drug-likeness (QED) is 0.345. The Morgan fingerprint density at radius 3 is 2.45 bits per heavy atom. The third-order valence-corrected chi connectivity index (χ3v) is 4.86. The Morgan fingerprint density at radius 2 is 1.74 bits per heavy atom. The molecular formula is C25H21NO5. The van der Waals surface area contributed by atoms with Crippen molar-refractivity contribution in [2.24, 2.45) is 0 Å². The zero-order valence-electron chi connectivity index (χ0n) is 17.4. The summed E-state index contributed by atoms with van der Waals surface area (Å²) in [5.74, 6) is 0.694. The first kappa shape index (κ1) is 20.2. The second kappa shape index (κ2) is 8.36. The molecule has 0 fully saturated rings. The average Bonchev–Trinajstić information content (AvgIpc) is 3.08. The van der Waals surface area contributed by atoms with Crippen LogP contribution in [0.25, 0.3) is 6.08 Å². The van der Waals surface area contributed by atoms with Gasteiger partial charge in [0.25, 0.3) is 0 Å². The average molecular weight is 415 g/mol. The van der Waals surface area contributed by atoms with E-state index >= 15 is 0 Å². The highest BCUT2D eigenvalue weighted by Crippen LogP contribution is 2.35. The molecule has 4 rings (SSSR count). The van der Waals surface area contributed by atoms with Gasteiger partial charge in [-0.2, -0.15) is 0 Å². The van der Waals surface area contributed by atoms with Crippen LogP contribution in [0.5, 0.6) is 17.2 Å². The number of esters is 1. The molecule has 1 aliphatic rings. The number of rotatable bonds is 5. The van der Waals surface area contributed by atoms with Gasteiger partial charge in [0.2, 0.25) is 5.78 Å². The van der Waals surface area contributed by atoms with Gasteiger partial charge in [0.05, 0.1) is 18.2 Å². The number of ketones is 1. The third-order valence-electron chi connectivity index (χ3n) is 4.86. The second-order valence-corrected chi connectivity index (χ2v) is 7.21. The maximum Gasteiger partial charge on any atom is 0.343 e. The molecule has 0 amide bonds. The van der Waals surface area contributed by atoms with Crippen molar-refractivity contribution in [3.05, 3.63) is 89.2 Å². The number of hydrogen-bond acceptors (Lipinski definition) is 6. The molecule has 0 aromatic heterocycles. The molecule has 0 unspecified atom stereocenters. The van der Waals surface area contributed by atoms with Gasteiger partial charge < -0.3 is 19.1 Å². The van der Waals surface area contributed by atoms with Crippen LogP contribution in [0.3, 0.4) is 0 Å². The Kier molecular flexibility index (Phi) is 5.45. The van der Waals surface area contributed by atoms with Crippen LogP contribution in [0.2, 0.25) is 0 Å². The smallest absolute Gasteiger partial charge is 0.343 e. The molecule has 1 aliphatic heterocycles. The molecule has 0 atom stereocenters. The van der Waals surface area contributed by atoms with E-state index in [0.29, 0.717) is 22.6 Å². The maximum absolute atomic E-state index is 12.7. The van der Waals surface area contributed by atoms with Crippen molar-refractivity contribution < 1.29 is 23.8 Å². The molecule has 0 bridgehead atoms. The summed E-state index contributed by atoms with van der Waals surface area (Å²) in [5, 5.41) is 0. The summed E-state index contributed by atoms with van der Waals surface area (Å²) in [6, 6.07) is 19.2. The van der Waals surface area contributed by atoms with Crippen molar-refractivity contribution in [1.82, 2.24) is 0 Å². The van der Waals surface area contributed by atoms with Gasteiger partial charge in [0.15, 0.2) is 5.76 Å². The highest BCUT2D eigenvalue weighted by Gasteiger charge is 2.28. The van der Waals surface area contributed by atoms with Gasteiger partial charge in [0.1, 0.15) is 17.2 Å². The van der Waals surface area contributed by atoms with Crippen LogP contribution in [0.4, 0.5) is 5.69 Å². The number of Topliss-reactive ketones (excluding diaryl/α,β-unsaturated/α-hetero) is 1. The number of anilines is 1. The lowest BCUT2D eigenvalue weighted by Gasteiger charge is -2.11. The molecule has 3 aromatic carbocycles. The van der Waals surface area contributed by atoms with Gasteiger partial charge in [-0.1, -0.05) is 18.2 Å². The SMILES string of the molecule is COc1cccc(C(=O)Oc2ccc3c(c2)O/C(=C\c2ccc(N(C)C)cc2)C3=O)c1. The standard InChI is InChI=1S/C25H21NO5/c1-26(2)18-9-7-16(8-10-18)13-23-24(27)21-12-11-20(15-22(21)31-23)30-25(28)17-5-4-6-19(14-17)29-3/h4-15H,1-3H3/b23-13-. The number of ether oxygens (including phenoxy) is 3. The van der Waals surface area contributed by atoms with Gasteiger partial charge in [0, 0.05) is 25.8 Å². The molecule has 31 heavy (non-hydrogen) atoms. The minimum atomic E-state index is -0.528. The normalized spacial score (nSPS) is 13.5. The minimum absolute atomic E-state index is 0.211. The van der Waals surface area contributed by atoms with Gasteiger partial charge in [-0.15, -0.1) is 0 Å². The van der Waals surface area contributed by atoms with Crippen LogP contribution >= 0.6 is 0 Å². The van der Waals surface area contributed by atoms with Crippen molar-refractivity contribution in [2.45, 2.75) is 0 Å². The van der Waals surface area contributed by atoms with E-state index in [9.17, 15) is 9.59 Å². The van der Waals surface area contributed by atoms with Crippen LogP contribution in [0, 0.1) is 0 Å². The molecule has 3 aromatic rings. The van der Waals surface area contributed by atoms with Crippen LogP contribution in [0.15, 0.2) is 72.5 Å². The second-order valence-electron chi connectivity index (χ2n) is 7.21. The fourth-order valence-corrected chi connectivity index (χ4v) is 3.17. The predicted molar refractivity (Wildman–Crippen MR) is 118 cm³/mol. The summed E-state index contributed by atoms with van der Waals surface area (Å²) >= 11 is 0. The Balaban J connectivity index is 1.52. The molecule has 1 heterocycles. The van der Waals surface area contributed by atoms with E-state index in [1.165, 1.54) is 7.11 Å². The van der Waals surface area contributed by atoms with Crippen molar-refractivity contribution >= 4 is 23.5 Å². The number of nitrogens with zero attached hydrogens (tertiary/aromatic N) is 1. The summed E-state index contributed by atoms with van der Waals surface area (Å²) in [6.07, 6.45) is 1.70. The molecule has 156 valence electrons. The molecule has 0 aliphatic carbocycles. The lowest BCUT2D eigenvalue weighted by atomic mass is 10.1. The van der Waals surface area contributed by atoms with E-state index in [0.717, 1.165) is 11.3 Å². The predicted octanol–water partition coefficient (Wildman–Crippen LogP) is 4.60. The first-order valence-electron chi connectivity index (χ1n) is 9.66. The van der Waals surface area contributed by atoms with Gasteiger partial charge in [-0.05, 0) is 54.1 Å². The topological polar surface area (TPSA) is 65.1 Å². The van der Waals surface area contributed by atoms with Crippen molar-refractivity contribution in [1.29, 1.82) is 0 Å². The van der Waals surface area contributed by atoms with Crippen LogP contribution < -0.4 is 19.1 Å². The molecule has 0 N–H and O–H groups in total. The fourth-order valence-electron chi connectivity index (χ4n) is 3.17. The summed E-state index contributed by atoms with van der Waals surface area (Å²) in [6.45, 7) is 0. The number of hydrogen-bond donors (Lipinski definition) is 0. The van der Waals surface area contributed by atoms with E-state index in [4.69, 9.17) is 14.2 Å². The molecular weight excluding hydrogens is 394 g/mol. The number of carbonyl (C=O) groups excluding carboxylic acids is 2. The van der Waals surface area contributed by atoms with Crippen molar-refractivity contribution in [2.75, 3.05) is 26.1 Å². The minimum Gasteiger partial charge on any atom is -0.497 e. The Bertz CT molecular complexity index is 1180. The van der Waals surface area contributed by atoms with Crippen LogP contribution in [-0.2, 0) is 0 Å². The first-order chi connectivity index (χ1) is 14.9. The molecule has 0 spiro atoms. The number of allylic oxidation sites excluding steroid dienone is 1. The molecule has 6 nitrogen and oxygen atoms in total. The zero-order chi connectivity index (χ0) is 22.0. The van der Waals surface area contributed by atoms with Crippen LogP contribution in [-0.4, -0.2) is 33.0 Å². The highest BCUT2D eigenvalue weighted by atomic mass is 16.5. The molecule has 0 radical (unpaired) electrons. The Labute approximate surface area is 180 Å². The molecule has 0 saturated heterocycles. The summed E-state index contributed by atoms with van der Waals surface area (Å²) < 4.78 is 16.3. The number of carbonyl (C=O) groups is 2. The van der Waals surface area contributed by atoms with Crippen LogP contribution in [0.1, 0.15) is 26.3 Å². The Hall–Kier alpha value is -4.06. The number of methoxy groups -OCH3 is 1. The van der Waals surface area contributed by atoms with E-state index in [1.807, 2.05) is 43.3 Å². The monoisotopic (exact) mass is 415 g/mol. The van der Waals surface area contributed by atoms with Gasteiger partial charge in [-0.3, -0.25) is 4.79 Å². The van der Waals surface area contributed by atoms with Gasteiger partial charge in [-0.25, -0.2) is 4.79 Å². The lowest BCUT2D eigenvalue weighted by molar-refractivity contribution is 0.0734. The van der Waals surface area contributed by atoms with Gasteiger partial charge >= 0.3 is 5.97 Å². The lowest BCUT2D eigenvalue weighted by Crippen LogP contribution is -2.08. The van der Waals surface area contributed by atoms with Crippen molar-refractivity contribution in [3.8, 4) is 17.2 Å². The van der Waals surface area contributed by atoms with E-state index in [-0.39, 0.29) is 17.3 Å². The maximum atomic E-state index is 12.7. The first-order valence-corrected chi connectivity index (χ1v) is 9.66. The fraction of sp³-hybridized carbons (Fsp3) is 0.120. The Morgan fingerprint density at radius 1 is 0.968 bits per heavy atom. The van der Waals surface area contributed by atoms with E-state index < -0.39 is 5.97 Å². The molecule has 0 saturated carbocycles. The summed E-state index contributed by atoms with van der Waals surface area (Å²) in [4.78, 5) is 27.1. The zero-order valence-corrected chi connectivity index (χ0v) is 17.4.